The number of rotatable bonds is 64. The first-order valence-corrected chi connectivity index (χ1v) is 34.6. The second-order valence-corrected chi connectivity index (χ2v) is 23.4. The average molecular weight is 1090 g/mol. The van der Waals surface area contributed by atoms with Crippen LogP contribution in [0.25, 0.3) is 0 Å². The Kier molecular flexibility index (Phi) is 64.6. The molecule has 0 N–H and O–H groups in total. The van der Waals surface area contributed by atoms with Crippen LogP contribution >= 0.6 is 0 Å². The first-order chi connectivity index (χ1) is 38.5. The summed E-state index contributed by atoms with van der Waals surface area (Å²) in [6.07, 6.45) is 84.6. The summed E-state index contributed by atoms with van der Waals surface area (Å²) < 4.78 is 16.9. The highest BCUT2D eigenvalue weighted by Gasteiger charge is 2.19. The van der Waals surface area contributed by atoms with Crippen molar-refractivity contribution < 1.29 is 28.6 Å². The highest BCUT2D eigenvalue weighted by molar-refractivity contribution is 5.71. The summed E-state index contributed by atoms with van der Waals surface area (Å²) in [5.74, 6) is -0.859. The zero-order chi connectivity index (χ0) is 56.4. The number of carbonyl (C=O) groups excluding carboxylic acids is 3. The van der Waals surface area contributed by atoms with Crippen LogP contribution in [0.2, 0.25) is 0 Å². The molecule has 0 spiro atoms. The standard InChI is InChI=1S/C72H132O6/c1-4-7-10-13-16-18-20-22-24-26-28-30-32-33-34-35-36-37-38-40-41-43-45-47-49-51-53-56-59-62-65-71(74)77-68-69(67-76-70(73)64-61-58-55-15-12-9-6-3)78-72(75)66-63-60-57-54-52-50-48-46-44-42-39-31-29-27-25-23-21-19-17-14-11-8-5-2/h8,11,17,19,23,25,29,31,69H,4-7,9-10,12-16,18,20-22,24,26-28,30,32-68H2,1-3H3/b11-8-,19-17-,25-23-,31-29-. The number of hydrogen-bond acceptors (Lipinski definition) is 6. The smallest absolute Gasteiger partial charge is 0.306 e. The van der Waals surface area contributed by atoms with Gasteiger partial charge in [-0.1, -0.05) is 345 Å². The first-order valence-electron chi connectivity index (χ1n) is 34.6. The van der Waals surface area contributed by atoms with Gasteiger partial charge in [-0.2, -0.15) is 0 Å². The molecule has 0 heterocycles. The average Bonchev–Trinajstić information content (AvgIpc) is 3.44. The molecule has 0 aliphatic heterocycles. The van der Waals surface area contributed by atoms with Gasteiger partial charge in [-0.25, -0.2) is 0 Å². The van der Waals surface area contributed by atoms with E-state index in [0.717, 1.165) is 83.5 Å². The number of hydrogen-bond donors (Lipinski definition) is 0. The molecule has 0 radical (unpaired) electrons. The maximum Gasteiger partial charge on any atom is 0.306 e. The largest absolute Gasteiger partial charge is 0.462 e. The topological polar surface area (TPSA) is 78.9 Å². The summed E-state index contributed by atoms with van der Waals surface area (Å²) in [5, 5.41) is 0. The molecule has 0 aromatic heterocycles. The van der Waals surface area contributed by atoms with Gasteiger partial charge in [-0.05, 0) is 57.8 Å². The van der Waals surface area contributed by atoms with E-state index in [-0.39, 0.29) is 31.1 Å². The summed E-state index contributed by atoms with van der Waals surface area (Å²) >= 11 is 0. The molecule has 78 heavy (non-hydrogen) atoms. The summed E-state index contributed by atoms with van der Waals surface area (Å²) in [6, 6.07) is 0. The lowest BCUT2D eigenvalue weighted by Gasteiger charge is -2.18. The lowest BCUT2D eigenvalue weighted by atomic mass is 10.0. The van der Waals surface area contributed by atoms with E-state index < -0.39 is 6.10 Å². The number of unbranched alkanes of at least 4 members (excludes halogenated alkanes) is 45. The predicted octanol–water partition coefficient (Wildman–Crippen LogP) is 23.7. The van der Waals surface area contributed by atoms with Gasteiger partial charge >= 0.3 is 17.9 Å². The van der Waals surface area contributed by atoms with E-state index in [4.69, 9.17) is 14.2 Å². The molecule has 0 aromatic rings. The Morgan fingerprint density at radius 1 is 0.269 bits per heavy atom. The van der Waals surface area contributed by atoms with Gasteiger partial charge in [0, 0.05) is 19.3 Å². The van der Waals surface area contributed by atoms with Crippen LogP contribution in [-0.4, -0.2) is 37.2 Å². The van der Waals surface area contributed by atoms with Gasteiger partial charge in [0.05, 0.1) is 0 Å². The van der Waals surface area contributed by atoms with Crippen molar-refractivity contribution in [1.29, 1.82) is 0 Å². The quantitative estimate of drug-likeness (QED) is 0.0261. The van der Waals surface area contributed by atoms with Crippen molar-refractivity contribution in [2.45, 2.75) is 380 Å². The maximum absolute atomic E-state index is 12.9. The molecule has 1 unspecified atom stereocenters. The fourth-order valence-electron chi connectivity index (χ4n) is 10.4. The Bertz CT molecular complexity index is 1350. The summed E-state index contributed by atoms with van der Waals surface area (Å²) in [7, 11) is 0. The lowest BCUT2D eigenvalue weighted by Crippen LogP contribution is -2.30. The van der Waals surface area contributed by atoms with E-state index in [1.165, 1.54) is 250 Å². The fraction of sp³-hybridized carbons (Fsp3) is 0.847. The van der Waals surface area contributed by atoms with Crippen molar-refractivity contribution in [2.24, 2.45) is 0 Å². The van der Waals surface area contributed by atoms with E-state index in [1.807, 2.05) is 0 Å². The monoisotopic (exact) mass is 1090 g/mol. The molecule has 0 bridgehead atoms. The molecule has 0 rings (SSSR count). The number of esters is 3. The number of allylic oxidation sites excluding steroid dienone is 8. The second-order valence-electron chi connectivity index (χ2n) is 23.4. The van der Waals surface area contributed by atoms with Crippen molar-refractivity contribution in [2.75, 3.05) is 13.2 Å². The molecule has 0 saturated heterocycles. The zero-order valence-corrected chi connectivity index (χ0v) is 52.5. The molecule has 456 valence electrons. The highest BCUT2D eigenvalue weighted by atomic mass is 16.6. The predicted molar refractivity (Wildman–Crippen MR) is 339 cm³/mol. The maximum atomic E-state index is 12.9. The third-order valence-corrected chi connectivity index (χ3v) is 15.6. The number of ether oxygens (including phenoxy) is 3. The molecule has 6 heteroatoms. The van der Waals surface area contributed by atoms with Gasteiger partial charge in [-0.3, -0.25) is 14.4 Å². The van der Waals surface area contributed by atoms with E-state index in [9.17, 15) is 14.4 Å². The van der Waals surface area contributed by atoms with Crippen LogP contribution in [0.1, 0.15) is 374 Å². The summed E-state index contributed by atoms with van der Waals surface area (Å²) in [6.45, 7) is 6.54. The van der Waals surface area contributed by atoms with Crippen LogP contribution in [0.3, 0.4) is 0 Å². The van der Waals surface area contributed by atoms with Crippen molar-refractivity contribution in [3.63, 3.8) is 0 Å². The fourth-order valence-corrected chi connectivity index (χ4v) is 10.4. The van der Waals surface area contributed by atoms with E-state index in [1.54, 1.807) is 0 Å². The minimum absolute atomic E-state index is 0.0701. The SMILES string of the molecule is CC/C=C\C/C=C\C/C=C\C/C=C\CCCCCCCCCCCCC(=O)OC(COC(=O)CCCCCCCCC)COC(=O)CCCCCCCCCCCCCCCCCCCCCCCCCCCCCCCC. The molecule has 1 atom stereocenters. The van der Waals surface area contributed by atoms with E-state index in [0.29, 0.717) is 19.3 Å². The van der Waals surface area contributed by atoms with Gasteiger partial charge in [0.25, 0.3) is 0 Å². The van der Waals surface area contributed by atoms with Crippen LogP contribution in [0.5, 0.6) is 0 Å². The van der Waals surface area contributed by atoms with Crippen LogP contribution in [0.4, 0.5) is 0 Å². The minimum Gasteiger partial charge on any atom is -0.462 e. The summed E-state index contributed by atoms with van der Waals surface area (Å²) in [5.41, 5.74) is 0. The Hall–Kier alpha value is -2.63. The molecular formula is C72H132O6. The van der Waals surface area contributed by atoms with Gasteiger partial charge in [0.2, 0.25) is 0 Å². The van der Waals surface area contributed by atoms with Gasteiger partial charge < -0.3 is 14.2 Å². The van der Waals surface area contributed by atoms with Gasteiger partial charge in [-0.15, -0.1) is 0 Å². The van der Waals surface area contributed by atoms with Crippen LogP contribution in [0.15, 0.2) is 48.6 Å². The molecular weight excluding hydrogens is 961 g/mol. The van der Waals surface area contributed by atoms with E-state index in [2.05, 4.69) is 69.4 Å². The Morgan fingerprint density at radius 2 is 0.500 bits per heavy atom. The van der Waals surface area contributed by atoms with Crippen molar-refractivity contribution in [1.82, 2.24) is 0 Å². The lowest BCUT2D eigenvalue weighted by molar-refractivity contribution is -0.167. The van der Waals surface area contributed by atoms with Crippen molar-refractivity contribution >= 4 is 17.9 Å². The molecule has 0 aromatic carbocycles. The van der Waals surface area contributed by atoms with E-state index >= 15 is 0 Å². The third-order valence-electron chi connectivity index (χ3n) is 15.6. The van der Waals surface area contributed by atoms with Crippen molar-refractivity contribution in [3.05, 3.63) is 48.6 Å². The zero-order valence-electron chi connectivity index (χ0n) is 52.5. The highest BCUT2D eigenvalue weighted by Crippen LogP contribution is 2.19. The Morgan fingerprint density at radius 3 is 0.782 bits per heavy atom. The van der Waals surface area contributed by atoms with Crippen molar-refractivity contribution in [3.8, 4) is 0 Å². The first kappa shape index (κ1) is 75.4. The molecule has 0 amide bonds. The van der Waals surface area contributed by atoms with Crippen LogP contribution in [0, 0.1) is 0 Å². The minimum atomic E-state index is -0.771. The van der Waals surface area contributed by atoms with Crippen LogP contribution in [-0.2, 0) is 28.6 Å². The van der Waals surface area contributed by atoms with Gasteiger partial charge in [0.1, 0.15) is 13.2 Å². The molecule has 0 saturated carbocycles. The normalized spacial score (nSPS) is 12.3. The Labute approximate surface area is 486 Å². The molecule has 6 nitrogen and oxygen atoms in total. The van der Waals surface area contributed by atoms with Gasteiger partial charge in [0.15, 0.2) is 6.10 Å². The molecule has 0 fully saturated rings. The molecule has 0 aliphatic carbocycles. The second kappa shape index (κ2) is 66.9. The summed E-state index contributed by atoms with van der Waals surface area (Å²) in [4.78, 5) is 38.1. The number of carbonyl (C=O) groups is 3. The Balaban J connectivity index is 4.02. The third kappa shape index (κ3) is 64.2. The van der Waals surface area contributed by atoms with Crippen LogP contribution < -0.4 is 0 Å². The molecule has 0 aliphatic rings.